The molecule has 2 atom stereocenters. The van der Waals surface area contributed by atoms with Crippen LogP contribution in [0.15, 0.2) is 53.4 Å². The van der Waals surface area contributed by atoms with Gasteiger partial charge < -0.3 is 14.7 Å². The molecule has 1 N–H and O–H groups in total. The Morgan fingerprint density at radius 1 is 0.909 bits per heavy atom. The lowest BCUT2D eigenvalue weighted by Crippen LogP contribution is -2.58. The minimum Gasteiger partial charge on any atom is -0.491 e. The second-order valence-electron chi connectivity index (χ2n) is 11.2. The third-order valence-electron chi connectivity index (χ3n) is 8.96. The molecular weight excluding hydrogens is 630 g/mol. The zero-order valence-corrected chi connectivity index (χ0v) is 23.4. The van der Waals surface area contributed by atoms with Crippen LogP contribution in [0.3, 0.4) is 0 Å². The second kappa shape index (κ2) is 10.3. The van der Waals surface area contributed by atoms with Crippen LogP contribution >= 0.6 is 0 Å². The van der Waals surface area contributed by atoms with Crippen molar-refractivity contribution in [3.05, 3.63) is 59.7 Å². The Morgan fingerprint density at radius 3 is 2.05 bits per heavy atom. The van der Waals surface area contributed by atoms with Crippen LogP contribution in [0, 0.1) is 5.92 Å². The van der Waals surface area contributed by atoms with E-state index >= 15 is 4.39 Å². The molecule has 0 aromatic heterocycles. The molecule has 1 amide bonds. The van der Waals surface area contributed by atoms with E-state index in [1.165, 1.54) is 30.3 Å². The first-order valence-electron chi connectivity index (χ1n) is 13.4. The quantitative estimate of drug-likeness (QED) is 0.420. The first kappa shape index (κ1) is 32.0. The molecule has 2 unspecified atom stereocenters. The average Bonchev–Trinajstić information content (AvgIpc) is 3.37. The Kier molecular flexibility index (Phi) is 7.49. The molecule has 0 spiro atoms. The van der Waals surface area contributed by atoms with Crippen LogP contribution in [0.4, 0.5) is 35.1 Å². The molecule has 44 heavy (non-hydrogen) atoms. The summed E-state index contributed by atoms with van der Waals surface area (Å²) >= 11 is 0. The van der Waals surface area contributed by atoms with Crippen molar-refractivity contribution in [1.82, 2.24) is 4.90 Å². The third kappa shape index (κ3) is 4.53. The number of carboxylic acid groups (broad SMARTS) is 1. The fourth-order valence-corrected chi connectivity index (χ4v) is 8.87. The van der Waals surface area contributed by atoms with Crippen molar-refractivity contribution in [2.24, 2.45) is 5.92 Å². The van der Waals surface area contributed by atoms with E-state index in [0.717, 1.165) is 4.90 Å². The number of carbonyl (C=O) groups excluding carboxylic acids is 1. The van der Waals surface area contributed by atoms with Crippen molar-refractivity contribution >= 4 is 21.7 Å². The highest BCUT2D eigenvalue weighted by Crippen LogP contribution is 2.57. The number of sulfone groups is 1. The Morgan fingerprint density at radius 2 is 1.50 bits per heavy atom. The van der Waals surface area contributed by atoms with Crippen LogP contribution in [0.2, 0.25) is 0 Å². The summed E-state index contributed by atoms with van der Waals surface area (Å²) in [7, 11) is -4.63. The molecule has 2 aliphatic heterocycles. The lowest BCUT2D eigenvalue weighted by atomic mass is 9.79. The van der Waals surface area contributed by atoms with Crippen LogP contribution in [0.5, 0.6) is 5.75 Å². The Balaban J connectivity index is 1.63. The lowest BCUT2D eigenvalue weighted by Gasteiger charge is -2.44. The number of hydrogen-bond acceptors (Lipinski definition) is 5. The number of carbonyl (C=O) groups is 2. The van der Waals surface area contributed by atoms with Crippen LogP contribution in [0.25, 0.3) is 0 Å². The van der Waals surface area contributed by atoms with E-state index in [4.69, 9.17) is 4.74 Å². The first-order valence-corrected chi connectivity index (χ1v) is 14.9. The fourth-order valence-electron chi connectivity index (χ4n) is 6.57. The largest absolute Gasteiger partial charge is 0.491 e. The van der Waals surface area contributed by atoms with E-state index in [2.05, 4.69) is 0 Å². The van der Waals surface area contributed by atoms with Crippen molar-refractivity contribution in [1.29, 1.82) is 0 Å². The van der Waals surface area contributed by atoms with Gasteiger partial charge in [-0.3, -0.25) is 9.59 Å². The lowest BCUT2D eigenvalue weighted by molar-refractivity contribution is -0.348. The van der Waals surface area contributed by atoms with E-state index in [1.54, 1.807) is 0 Å². The number of amides is 1. The molecule has 2 fully saturated rings. The van der Waals surface area contributed by atoms with E-state index in [1.807, 2.05) is 0 Å². The number of aliphatic carboxylic acids is 1. The Hall–Kier alpha value is -3.43. The molecule has 1 saturated carbocycles. The minimum atomic E-state index is -6.43. The molecular formula is C28H25F8NO6S. The predicted octanol–water partition coefficient (Wildman–Crippen LogP) is 5.62. The molecule has 240 valence electrons. The van der Waals surface area contributed by atoms with Crippen LogP contribution in [0.1, 0.15) is 43.2 Å². The van der Waals surface area contributed by atoms with Gasteiger partial charge in [0.2, 0.25) is 0 Å². The van der Waals surface area contributed by atoms with Crippen molar-refractivity contribution in [3.63, 3.8) is 0 Å². The maximum Gasteiger partial charge on any atom is 0.435 e. The number of fused-ring (bicyclic) bond motifs is 3. The number of hydrogen-bond donors (Lipinski definition) is 1. The highest BCUT2D eigenvalue weighted by atomic mass is 32.2. The van der Waals surface area contributed by atoms with Crippen LogP contribution < -0.4 is 4.74 Å². The van der Waals surface area contributed by atoms with Gasteiger partial charge in [0.25, 0.3) is 5.91 Å². The van der Waals surface area contributed by atoms with Gasteiger partial charge in [-0.15, -0.1) is 0 Å². The Labute approximate surface area is 245 Å². The van der Waals surface area contributed by atoms with Crippen molar-refractivity contribution in [2.75, 3.05) is 13.2 Å². The number of alkyl halides is 8. The van der Waals surface area contributed by atoms with Crippen molar-refractivity contribution < 1.29 is 63.0 Å². The maximum absolute atomic E-state index is 16.0. The van der Waals surface area contributed by atoms with Gasteiger partial charge in [-0.1, -0.05) is 30.3 Å². The minimum absolute atomic E-state index is 0.156. The molecule has 2 aromatic rings. The van der Waals surface area contributed by atoms with Crippen LogP contribution in [-0.4, -0.2) is 67.5 Å². The molecule has 2 aromatic carbocycles. The Bertz CT molecular complexity index is 1560. The summed E-state index contributed by atoms with van der Waals surface area (Å²) in [6.07, 6.45) is -14.5. The summed E-state index contributed by atoms with van der Waals surface area (Å²) in [6, 6.07) is 6.13. The maximum atomic E-state index is 16.0. The second-order valence-corrected chi connectivity index (χ2v) is 13.4. The summed E-state index contributed by atoms with van der Waals surface area (Å²) in [4.78, 5) is 25.6. The highest BCUT2D eigenvalue weighted by molar-refractivity contribution is 7.92. The van der Waals surface area contributed by atoms with E-state index in [9.17, 15) is 53.8 Å². The first-order chi connectivity index (χ1) is 20.3. The summed E-state index contributed by atoms with van der Waals surface area (Å²) in [6.45, 7) is -1.16. The fraction of sp³-hybridized carbons (Fsp3) is 0.500. The zero-order chi connectivity index (χ0) is 32.5. The normalized spacial score (nSPS) is 27.7. The van der Waals surface area contributed by atoms with Gasteiger partial charge in [-0.2, -0.15) is 26.3 Å². The van der Waals surface area contributed by atoms with Gasteiger partial charge in [-0.05, 0) is 50.3 Å². The average molecular weight is 656 g/mol. The molecule has 2 heterocycles. The number of likely N-dealkylation sites (tertiary alicyclic amines) is 1. The zero-order valence-electron chi connectivity index (χ0n) is 22.6. The van der Waals surface area contributed by atoms with Crippen molar-refractivity contribution in [2.45, 2.75) is 71.5 Å². The summed E-state index contributed by atoms with van der Waals surface area (Å²) in [5, 5.41) is 9.25. The third-order valence-corrected chi connectivity index (χ3v) is 11.5. The molecule has 5 rings (SSSR count). The van der Waals surface area contributed by atoms with Crippen LogP contribution in [-0.2, 0) is 29.8 Å². The molecule has 7 nitrogen and oxygen atoms in total. The van der Waals surface area contributed by atoms with Gasteiger partial charge in [0.15, 0.2) is 15.5 Å². The van der Waals surface area contributed by atoms with Crippen molar-refractivity contribution in [3.8, 4) is 5.75 Å². The van der Waals surface area contributed by atoms with E-state index in [-0.39, 0.29) is 36.4 Å². The molecule has 1 saturated heterocycles. The SMILES string of the molecule is O=C(O)[C@H]1CC[C@](F)(C(=O)N2CCC3(S(=O)(=O)c4ccccc4)c4ccc(C(F)(C(F)(F)F)C(F)(F)F)cc4OCC23)CC1. The predicted molar refractivity (Wildman–Crippen MR) is 136 cm³/mol. The van der Waals surface area contributed by atoms with E-state index in [0.29, 0.717) is 6.07 Å². The number of ether oxygens (including phenoxy) is 1. The number of carboxylic acids is 1. The smallest absolute Gasteiger partial charge is 0.435 e. The van der Waals surface area contributed by atoms with Gasteiger partial charge in [0, 0.05) is 17.7 Å². The van der Waals surface area contributed by atoms with Gasteiger partial charge in [0.05, 0.1) is 16.9 Å². The van der Waals surface area contributed by atoms with E-state index < -0.39 is 105 Å². The highest BCUT2D eigenvalue weighted by Gasteiger charge is 2.74. The summed E-state index contributed by atoms with van der Waals surface area (Å²) < 4.78 is 144. The number of benzene rings is 2. The molecule has 16 heteroatoms. The summed E-state index contributed by atoms with van der Waals surface area (Å²) in [5.41, 5.74) is -10.7. The van der Waals surface area contributed by atoms with Gasteiger partial charge in [0.1, 0.15) is 17.1 Å². The molecule has 0 radical (unpaired) electrons. The van der Waals surface area contributed by atoms with Gasteiger partial charge >= 0.3 is 24.0 Å². The number of rotatable bonds is 5. The molecule has 0 bridgehead atoms. The topological polar surface area (TPSA) is 101 Å². The monoisotopic (exact) mass is 655 g/mol. The number of nitrogens with zero attached hydrogens (tertiary/aromatic N) is 1. The molecule has 1 aliphatic carbocycles. The number of halogens is 8. The van der Waals surface area contributed by atoms with Gasteiger partial charge in [-0.25, -0.2) is 17.2 Å². The molecule has 3 aliphatic rings. The standard InChI is InChI=1S/C28H25F8NO6S/c29-24(10-8-16(9-11-24)22(38)39)23(40)37-13-12-25(44(41,42)18-4-2-1-3-5-18)19-7-6-17(14-20(19)43-15-21(25)37)26(30,27(31,32)33)28(34,35)36/h1-7,14,16,21H,8-13,15H2,(H,38,39)/t16-,21?,24+,25?. The summed E-state index contributed by atoms with van der Waals surface area (Å²) in [5.74, 6) is -3.92.